The Labute approximate surface area is 101 Å². The minimum absolute atomic E-state index is 0.874. The van der Waals surface area contributed by atoms with E-state index >= 15 is 0 Å². The van der Waals surface area contributed by atoms with Gasteiger partial charge in [0.25, 0.3) is 0 Å². The first-order valence-corrected chi connectivity index (χ1v) is 6.03. The molecule has 0 aliphatic carbocycles. The first-order valence-electron chi connectivity index (χ1n) is 6.03. The van der Waals surface area contributed by atoms with E-state index in [1.807, 2.05) is 13.2 Å². The third-order valence-electron chi connectivity index (χ3n) is 3.21. The summed E-state index contributed by atoms with van der Waals surface area (Å²) in [5.41, 5.74) is 5.14. The van der Waals surface area contributed by atoms with Crippen molar-refractivity contribution in [3.8, 4) is 0 Å². The van der Waals surface area contributed by atoms with Crippen LogP contribution in [0.3, 0.4) is 0 Å². The fourth-order valence-corrected chi connectivity index (χ4v) is 2.42. The van der Waals surface area contributed by atoms with Gasteiger partial charge in [-0.25, -0.2) is 0 Å². The Morgan fingerprint density at radius 2 is 2.35 bits per heavy atom. The van der Waals surface area contributed by atoms with Crippen molar-refractivity contribution in [1.82, 2.24) is 15.0 Å². The van der Waals surface area contributed by atoms with Crippen molar-refractivity contribution >= 4 is 5.69 Å². The highest BCUT2D eigenvalue weighted by molar-refractivity contribution is 5.56. The van der Waals surface area contributed by atoms with Gasteiger partial charge < -0.3 is 5.32 Å². The lowest BCUT2D eigenvalue weighted by atomic mass is 9.95. The van der Waals surface area contributed by atoms with Gasteiger partial charge in [-0.15, -0.1) is 5.10 Å². The first-order chi connectivity index (χ1) is 8.33. The molecule has 1 N–H and O–H groups in total. The molecular formula is C13H16N4. The predicted octanol–water partition coefficient (Wildman–Crippen LogP) is 1.76. The fraction of sp³-hybridized carbons (Fsp3) is 0.385. The Balaban J connectivity index is 1.92. The van der Waals surface area contributed by atoms with Gasteiger partial charge in [-0.2, -0.15) is 0 Å². The van der Waals surface area contributed by atoms with Gasteiger partial charge in [0.15, 0.2) is 0 Å². The molecule has 0 atom stereocenters. The zero-order valence-corrected chi connectivity index (χ0v) is 9.98. The molecule has 0 bridgehead atoms. The molecule has 0 spiro atoms. The van der Waals surface area contributed by atoms with Crippen LogP contribution in [0.1, 0.15) is 23.2 Å². The SMILES string of the molecule is Cn1cc(Cc2cccc3c2CCCN3)nn1. The minimum Gasteiger partial charge on any atom is -0.385 e. The molecule has 4 nitrogen and oxygen atoms in total. The largest absolute Gasteiger partial charge is 0.385 e. The normalized spacial score (nSPS) is 14.2. The van der Waals surface area contributed by atoms with E-state index in [0.717, 1.165) is 18.7 Å². The van der Waals surface area contributed by atoms with Crippen LogP contribution in [-0.4, -0.2) is 21.5 Å². The maximum atomic E-state index is 4.15. The molecule has 1 aromatic carbocycles. The Bertz CT molecular complexity index is 530. The quantitative estimate of drug-likeness (QED) is 0.851. The molecule has 2 aromatic rings. The van der Waals surface area contributed by atoms with Crippen LogP contribution in [0.4, 0.5) is 5.69 Å². The number of aromatic nitrogens is 3. The topological polar surface area (TPSA) is 42.7 Å². The minimum atomic E-state index is 0.874. The summed E-state index contributed by atoms with van der Waals surface area (Å²) in [6.07, 6.45) is 5.23. The summed E-state index contributed by atoms with van der Waals surface area (Å²) in [6.45, 7) is 1.08. The van der Waals surface area contributed by atoms with Crippen molar-refractivity contribution in [2.45, 2.75) is 19.3 Å². The van der Waals surface area contributed by atoms with Crippen LogP contribution in [0.15, 0.2) is 24.4 Å². The third-order valence-corrected chi connectivity index (χ3v) is 3.21. The van der Waals surface area contributed by atoms with Crippen LogP contribution < -0.4 is 5.32 Å². The smallest absolute Gasteiger partial charge is 0.0870 e. The molecule has 0 radical (unpaired) electrons. The number of fused-ring (bicyclic) bond motifs is 1. The van der Waals surface area contributed by atoms with Crippen molar-refractivity contribution in [3.63, 3.8) is 0 Å². The van der Waals surface area contributed by atoms with Crippen LogP contribution >= 0.6 is 0 Å². The monoisotopic (exact) mass is 228 g/mol. The van der Waals surface area contributed by atoms with Gasteiger partial charge in [-0.3, -0.25) is 4.68 Å². The molecule has 0 fully saturated rings. The van der Waals surface area contributed by atoms with Crippen molar-refractivity contribution in [2.24, 2.45) is 7.05 Å². The average Bonchev–Trinajstić information content (AvgIpc) is 2.75. The van der Waals surface area contributed by atoms with Crippen molar-refractivity contribution in [1.29, 1.82) is 0 Å². The maximum absolute atomic E-state index is 4.15. The summed E-state index contributed by atoms with van der Waals surface area (Å²) in [5, 5.41) is 11.6. The second-order valence-electron chi connectivity index (χ2n) is 4.53. The van der Waals surface area contributed by atoms with Gasteiger partial charge in [0, 0.05) is 31.9 Å². The summed E-state index contributed by atoms with van der Waals surface area (Å²) in [5.74, 6) is 0. The molecule has 88 valence electrons. The highest BCUT2D eigenvalue weighted by Crippen LogP contribution is 2.26. The molecule has 1 aliphatic heterocycles. The second-order valence-corrected chi connectivity index (χ2v) is 4.53. The van der Waals surface area contributed by atoms with E-state index in [0.29, 0.717) is 0 Å². The number of nitrogens with one attached hydrogen (secondary N) is 1. The summed E-state index contributed by atoms with van der Waals surface area (Å²) >= 11 is 0. The van der Waals surface area contributed by atoms with E-state index in [2.05, 4.69) is 33.8 Å². The van der Waals surface area contributed by atoms with Gasteiger partial charge in [0.2, 0.25) is 0 Å². The lowest BCUT2D eigenvalue weighted by Gasteiger charge is -2.20. The third kappa shape index (κ3) is 2.02. The van der Waals surface area contributed by atoms with Crippen molar-refractivity contribution in [3.05, 3.63) is 41.2 Å². The van der Waals surface area contributed by atoms with Crippen LogP contribution in [0, 0.1) is 0 Å². The molecule has 1 aliphatic rings. The number of hydrogen-bond donors (Lipinski definition) is 1. The van der Waals surface area contributed by atoms with Gasteiger partial charge in [0.1, 0.15) is 0 Å². The van der Waals surface area contributed by atoms with Crippen molar-refractivity contribution in [2.75, 3.05) is 11.9 Å². The second kappa shape index (κ2) is 4.20. The molecular weight excluding hydrogens is 212 g/mol. The van der Waals surface area contributed by atoms with E-state index in [1.54, 1.807) is 4.68 Å². The van der Waals surface area contributed by atoms with E-state index in [1.165, 1.54) is 29.7 Å². The lowest BCUT2D eigenvalue weighted by Crippen LogP contribution is -2.13. The van der Waals surface area contributed by atoms with Gasteiger partial charge in [-0.05, 0) is 30.0 Å². The highest BCUT2D eigenvalue weighted by atomic mass is 15.4. The fourth-order valence-electron chi connectivity index (χ4n) is 2.42. The van der Waals surface area contributed by atoms with E-state index in [9.17, 15) is 0 Å². The summed E-state index contributed by atoms with van der Waals surface area (Å²) in [4.78, 5) is 0. The van der Waals surface area contributed by atoms with Gasteiger partial charge in [-0.1, -0.05) is 17.3 Å². The zero-order valence-electron chi connectivity index (χ0n) is 9.98. The van der Waals surface area contributed by atoms with Gasteiger partial charge in [0.05, 0.1) is 5.69 Å². The molecule has 17 heavy (non-hydrogen) atoms. The summed E-state index contributed by atoms with van der Waals surface area (Å²) in [7, 11) is 1.90. The van der Waals surface area contributed by atoms with Crippen LogP contribution in [-0.2, 0) is 19.9 Å². The number of anilines is 1. The molecule has 0 saturated carbocycles. The Hall–Kier alpha value is -1.84. The van der Waals surface area contributed by atoms with E-state index < -0.39 is 0 Å². The van der Waals surface area contributed by atoms with Crippen LogP contribution in [0.2, 0.25) is 0 Å². The zero-order chi connectivity index (χ0) is 11.7. The molecule has 2 heterocycles. The Morgan fingerprint density at radius 3 is 3.18 bits per heavy atom. The lowest BCUT2D eigenvalue weighted by molar-refractivity contribution is 0.713. The highest BCUT2D eigenvalue weighted by Gasteiger charge is 2.13. The molecule has 0 saturated heterocycles. The first kappa shape index (κ1) is 10.3. The molecule has 0 amide bonds. The predicted molar refractivity (Wildman–Crippen MR) is 67.1 cm³/mol. The Morgan fingerprint density at radius 1 is 1.41 bits per heavy atom. The number of aryl methyl sites for hydroxylation is 1. The van der Waals surface area contributed by atoms with Crippen LogP contribution in [0.25, 0.3) is 0 Å². The number of nitrogens with zero attached hydrogens (tertiary/aromatic N) is 3. The number of hydrogen-bond acceptors (Lipinski definition) is 3. The van der Waals surface area contributed by atoms with E-state index in [-0.39, 0.29) is 0 Å². The van der Waals surface area contributed by atoms with Crippen molar-refractivity contribution < 1.29 is 0 Å². The molecule has 0 unspecified atom stereocenters. The number of benzene rings is 1. The summed E-state index contributed by atoms with van der Waals surface area (Å²) < 4.78 is 1.75. The van der Waals surface area contributed by atoms with Crippen LogP contribution in [0.5, 0.6) is 0 Å². The average molecular weight is 228 g/mol. The maximum Gasteiger partial charge on any atom is 0.0870 e. The molecule has 1 aromatic heterocycles. The molecule has 4 heteroatoms. The van der Waals surface area contributed by atoms with E-state index in [4.69, 9.17) is 0 Å². The standard InChI is InChI=1S/C13H16N4/c1-17-9-11(15-16-17)8-10-4-2-6-13-12(10)5-3-7-14-13/h2,4,6,9,14H,3,5,7-8H2,1H3. The van der Waals surface area contributed by atoms with Gasteiger partial charge >= 0.3 is 0 Å². The number of rotatable bonds is 2. The Kier molecular flexibility index (Phi) is 2.55. The summed E-state index contributed by atoms with van der Waals surface area (Å²) in [6, 6.07) is 6.47. The molecule has 3 rings (SSSR count).